The molecule has 0 bridgehead atoms. The van der Waals surface area contributed by atoms with Crippen molar-refractivity contribution in [3.05, 3.63) is 18.2 Å². The Morgan fingerprint density at radius 1 is 1.40 bits per heavy atom. The number of nitrogens with two attached hydrogens (primary N) is 1. The first kappa shape index (κ1) is 21.5. The van der Waals surface area contributed by atoms with E-state index in [-0.39, 0.29) is 36.8 Å². The Bertz CT molecular complexity index is 380. The molecular weight excluding hydrogens is 299 g/mol. The molecule has 0 radical (unpaired) electrons. The highest BCUT2D eigenvalue weighted by molar-refractivity contribution is 5.85. The molecule has 1 heterocycles. The largest absolute Gasteiger partial charge is 0.349 e. The van der Waals surface area contributed by atoms with Crippen molar-refractivity contribution in [2.45, 2.75) is 52.7 Å². The number of hydrogen-bond acceptors (Lipinski definition) is 3. The lowest BCUT2D eigenvalue weighted by Crippen LogP contribution is -2.27. The van der Waals surface area contributed by atoms with E-state index in [4.69, 9.17) is 5.73 Å². The van der Waals surface area contributed by atoms with Crippen molar-refractivity contribution < 1.29 is 4.79 Å². The molecule has 20 heavy (non-hydrogen) atoms. The standard InChI is InChI=1S/C13H24N4O.2ClH/c1-10(2)9-17-7-6-15-12(17)8-16-13(18)5-4-11(3)14;;/h6-7,10-11H,4-5,8-9,14H2,1-3H3,(H,16,18);2*1H. The molecule has 1 aromatic heterocycles. The fourth-order valence-corrected chi connectivity index (χ4v) is 1.69. The smallest absolute Gasteiger partial charge is 0.220 e. The number of amides is 1. The summed E-state index contributed by atoms with van der Waals surface area (Å²) in [6.45, 7) is 7.63. The van der Waals surface area contributed by atoms with Crippen molar-refractivity contribution >= 4 is 30.7 Å². The number of aromatic nitrogens is 2. The molecule has 0 fully saturated rings. The molecule has 0 aliphatic carbocycles. The van der Waals surface area contributed by atoms with Gasteiger partial charge in [-0.3, -0.25) is 4.79 Å². The van der Waals surface area contributed by atoms with Gasteiger partial charge in [-0.25, -0.2) is 4.98 Å². The van der Waals surface area contributed by atoms with Crippen LogP contribution in [-0.4, -0.2) is 21.5 Å². The normalized spacial score (nSPS) is 11.4. The van der Waals surface area contributed by atoms with Gasteiger partial charge in [-0.2, -0.15) is 0 Å². The number of nitrogens with one attached hydrogen (secondary N) is 1. The van der Waals surface area contributed by atoms with Crippen LogP contribution in [0.4, 0.5) is 0 Å². The molecule has 0 spiro atoms. The number of carbonyl (C=O) groups excluding carboxylic acids is 1. The molecule has 0 aromatic carbocycles. The molecule has 3 N–H and O–H groups in total. The minimum absolute atomic E-state index is 0. The van der Waals surface area contributed by atoms with E-state index in [9.17, 15) is 4.79 Å². The van der Waals surface area contributed by atoms with Gasteiger partial charge in [0.05, 0.1) is 6.54 Å². The summed E-state index contributed by atoms with van der Waals surface area (Å²) in [6, 6.07) is 0.0682. The van der Waals surface area contributed by atoms with E-state index >= 15 is 0 Å². The van der Waals surface area contributed by atoms with E-state index in [1.54, 1.807) is 6.20 Å². The van der Waals surface area contributed by atoms with Crippen LogP contribution < -0.4 is 11.1 Å². The topological polar surface area (TPSA) is 72.9 Å². The van der Waals surface area contributed by atoms with Gasteiger partial charge in [0.15, 0.2) is 0 Å². The van der Waals surface area contributed by atoms with Crippen LogP contribution in [0.5, 0.6) is 0 Å². The van der Waals surface area contributed by atoms with E-state index in [0.29, 0.717) is 25.3 Å². The van der Waals surface area contributed by atoms with E-state index in [2.05, 4.69) is 28.7 Å². The van der Waals surface area contributed by atoms with Crippen molar-refractivity contribution in [3.8, 4) is 0 Å². The summed E-state index contributed by atoms with van der Waals surface area (Å²) >= 11 is 0. The van der Waals surface area contributed by atoms with Gasteiger partial charge in [0.1, 0.15) is 5.82 Å². The zero-order valence-corrected chi connectivity index (χ0v) is 14.0. The minimum atomic E-state index is 0. The second kappa shape index (κ2) is 10.9. The Balaban J connectivity index is 0. The molecule has 1 amide bonds. The van der Waals surface area contributed by atoms with Gasteiger partial charge in [-0.1, -0.05) is 13.8 Å². The molecule has 1 aromatic rings. The number of rotatable bonds is 7. The van der Waals surface area contributed by atoms with Crippen molar-refractivity contribution in [2.24, 2.45) is 11.7 Å². The third-order valence-electron chi connectivity index (χ3n) is 2.63. The minimum Gasteiger partial charge on any atom is -0.349 e. The SMILES string of the molecule is CC(C)Cn1ccnc1CNC(=O)CCC(C)N.Cl.Cl. The average molecular weight is 325 g/mol. The number of carbonyl (C=O) groups is 1. The molecule has 7 heteroatoms. The predicted octanol–water partition coefficient (Wildman–Crippen LogP) is 2.13. The second-order valence-corrected chi connectivity index (χ2v) is 5.18. The highest BCUT2D eigenvalue weighted by Crippen LogP contribution is 2.03. The van der Waals surface area contributed by atoms with Crippen LogP contribution in [0, 0.1) is 5.92 Å². The Hall–Kier alpha value is -0.780. The van der Waals surface area contributed by atoms with Crippen molar-refractivity contribution in [1.82, 2.24) is 14.9 Å². The van der Waals surface area contributed by atoms with Gasteiger partial charge in [-0.05, 0) is 19.3 Å². The Labute approximate surface area is 133 Å². The molecule has 118 valence electrons. The summed E-state index contributed by atoms with van der Waals surface area (Å²) in [5.74, 6) is 1.50. The summed E-state index contributed by atoms with van der Waals surface area (Å²) in [4.78, 5) is 15.8. The van der Waals surface area contributed by atoms with Crippen LogP contribution in [0.1, 0.15) is 39.4 Å². The lowest BCUT2D eigenvalue weighted by atomic mass is 10.2. The number of nitrogens with zero attached hydrogens (tertiary/aromatic N) is 2. The third-order valence-corrected chi connectivity index (χ3v) is 2.63. The predicted molar refractivity (Wildman–Crippen MR) is 86.3 cm³/mol. The molecule has 0 saturated heterocycles. The van der Waals surface area contributed by atoms with Gasteiger partial charge in [0.2, 0.25) is 5.91 Å². The van der Waals surface area contributed by atoms with Crippen LogP contribution in [0.25, 0.3) is 0 Å². The maximum atomic E-state index is 11.6. The lowest BCUT2D eigenvalue weighted by Gasteiger charge is -2.11. The first-order chi connectivity index (χ1) is 8.49. The van der Waals surface area contributed by atoms with Crippen LogP contribution in [0.15, 0.2) is 12.4 Å². The molecule has 5 nitrogen and oxygen atoms in total. The van der Waals surface area contributed by atoms with Crippen molar-refractivity contribution in [1.29, 1.82) is 0 Å². The fraction of sp³-hybridized carbons (Fsp3) is 0.692. The first-order valence-corrected chi connectivity index (χ1v) is 6.51. The van der Waals surface area contributed by atoms with E-state index in [0.717, 1.165) is 12.4 Å². The highest BCUT2D eigenvalue weighted by Gasteiger charge is 2.07. The monoisotopic (exact) mass is 324 g/mol. The molecule has 0 aliphatic heterocycles. The summed E-state index contributed by atoms with van der Waals surface area (Å²) in [5, 5.41) is 2.88. The summed E-state index contributed by atoms with van der Waals surface area (Å²) in [6.07, 6.45) is 4.91. The Morgan fingerprint density at radius 2 is 2.05 bits per heavy atom. The molecule has 1 unspecified atom stereocenters. The Kier molecular flexibility index (Phi) is 11.8. The van der Waals surface area contributed by atoms with E-state index in [1.165, 1.54) is 0 Å². The van der Waals surface area contributed by atoms with Crippen LogP contribution in [0.2, 0.25) is 0 Å². The van der Waals surface area contributed by atoms with Crippen molar-refractivity contribution in [2.75, 3.05) is 0 Å². The van der Waals surface area contributed by atoms with Gasteiger partial charge in [-0.15, -0.1) is 24.8 Å². The number of halogens is 2. The molecule has 0 saturated carbocycles. The van der Waals surface area contributed by atoms with E-state index in [1.807, 2.05) is 13.1 Å². The van der Waals surface area contributed by atoms with Crippen molar-refractivity contribution in [3.63, 3.8) is 0 Å². The Morgan fingerprint density at radius 3 is 2.60 bits per heavy atom. The van der Waals surface area contributed by atoms with Gasteiger partial charge < -0.3 is 15.6 Å². The van der Waals surface area contributed by atoms with Crippen LogP contribution in [0.3, 0.4) is 0 Å². The zero-order valence-electron chi connectivity index (χ0n) is 12.3. The zero-order chi connectivity index (χ0) is 13.5. The number of imidazole rings is 1. The lowest BCUT2D eigenvalue weighted by molar-refractivity contribution is -0.121. The summed E-state index contributed by atoms with van der Waals surface area (Å²) in [5.41, 5.74) is 5.61. The van der Waals surface area contributed by atoms with Crippen LogP contribution >= 0.6 is 24.8 Å². The third kappa shape index (κ3) is 8.40. The molecule has 0 aliphatic rings. The fourth-order valence-electron chi connectivity index (χ4n) is 1.69. The molecule has 1 rings (SSSR count). The maximum Gasteiger partial charge on any atom is 0.220 e. The van der Waals surface area contributed by atoms with Gasteiger partial charge in [0.25, 0.3) is 0 Å². The number of hydrogen-bond donors (Lipinski definition) is 2. The molecule has 1 atom stereocenters. The van der Waals surface area contributed by atoms with Crippen LogP contribution in [-0.2, 0) is 17.9 Å². The summed E-state index contributed by atoms with van der Waals surface area (Å²) in [7, 11) is 0. The van der Waals surface area contributed by atoms with Gasteiger partial charge in [0, 0.05) is 31.4 Å². The molecular formula is C13H26Cl2N4O. The van der Waals surface area contributed by atoms with E-state index < -0.39 is 0 Å². The second-order valence-electron chi connectivity index (χ2n) is 5.18. The first-order valence-electron chi connectivity index (χ1n) is 6.51. The average Bonchev–Trinajstić information content (AvgIpc) is 2.70. The highest BCUT2D eigenvalue weighted by atomic mass is 35.5. The quantitative estimate of drug-likeness (QED) is 0.806. The summed E-state index contributed by atoms with van der Waals surface area (Å²) < 4.78 is 2.08. The maximum absolute atomic E-state index is 11.6. The van der Waals surface area contributed by atoms with Gasteiger partial charge >= 0.3 is 0 Å².